The van der Waals surface area contributed by atoms with Crippen LogP contribution in [0.2, 0.25) is 0 Å². The van der Waals surface area contributed by atoms with Gasteiger partial charge in [0.15, 0.2) is 17.8 Å². The van der Waals surface area contributed by atoms with Gasteiger partial charge < -0.3 is 25.0 Å². The Kier molecular flexibility index (Phi) is 9.66. The van der Waals surface area contributed by atoms with Crippen molar-refractivity contribution in [3.8, 4) is 11.5 Å². The van der Waals surface area contributed by atoms with Gasteiger partial charge in [-0.15, -0.1) is 11.6 Å². The molecule has 0 spiro atoms. The van der Waals surface area contributed by atoms with E-state index in [0.29, 0.717) is 34.4 Å². The van der Waals surface area contributed by atoms with E-state index < -0.39 is 0 Å². The van der Waals surface area contributed by atoms with Gasteiger partial charge in [-0.1, -0.05) is 19.1 Å². The van der Waals surface area contributed by atoms with E-state index in [1.54, 1.807) is 26.1 Å². The number of nitrogens with one attached hydrogen (secondary N) is 2. The van der Waals surface area contributed by atoms with Gasteiger partial charge in [0.25, 0.3) is 0 Å². The van der Waals surface area contributed by atoms with Crippen LogP contribution in [0.15, 0.2) is 58.7 Å². The van der Waals surface area contributed by atoms with Crippen LogP contribution in [0.5, 0.6) is 11.5 Å². The van der Waals surface area contributed by atoms with Crippen molar-refractivity contribution < 1.29 is 19.1 Å². The Morgan fingerprint density at radius 2 is 1.98 bits per heavy atom. The first-order chi connectivity index (χ1) is 19.3. The number of allylic oxidation sites excluding steroid dienone is 2. The first kappa shape index (κ1) is 29.4. The fraction of sp³-hybridized carbons (Fsp3) is 0.387. The smallest absolute Gasteiger partial charge is 0.241 e. The maximum atomic E-state index is 12.4. The summed E-state index contributed by atoms with van der Waals surface area (Å²) in [5.74, 6) is 1.57. The minimum absolute atomic E-state index is 0.114. The second kappa shape index (κ2) is 13.2. The topological polar surface area (TPSA) is 92.3 Å². The third-order valence-corrected chi connectivity index (χ3v) is 7.68. The first-order valence-electron chi connectivity index (χ1n) is 13.4. The lowest BCUT2D eigenvalue weighted by Gasteiger charge is -2.22. The summed E-state index contributed by atoms with van der Waals surface area (Å²) in [5.41, 5.74) is 5.95. The van der Waals surface area contributed by atoms with Gasteiger partial charge in [-0.2, -0.15) is 0 Å². The molecule has 40 heavy (non-hydrogen) atoms. The van der Waals surface area contributed by atoms with Gasteiger partial charge in [-0.3, -0.25) is 14.6 Å². The fourth-order valence-electron chi connectivity index (χ4n) is 4.96. The van der Waals surface area contributed by atoms with E-state index in [1.165, 1.54) is 18.4 Å². The molecule has 9 heteroatoms. The van der Waals surface area contributed by atoms with Crippen LogP contribution < -0.4 is 20.1 Å². The molecule has 0 bridgehead atoms. The second-order valence-electron chi connectivity index (χ2n) is 10.3. The highest BCUT2D eigenvalue weighted by atomic mass is 35.5. The number of ether oxygens (including phenoxy) is 2. The van der Waals surface area contributed by atoms with E-state index in [2.05, 4.69) is 41.7 Å². The SMILES string of the molecule is CNC(C)C(=O)Nc1cc(CCl)cc(COc2cc(N=CC3CC4=C(C=CC(C)C4)N3C)c(C=O)cc2OC)c1. The molecule has 2 aliphatic rings. The summed E-state index contributed by atoms with van der Waals surface area (Å²) in [4.78, 5) is 31.2. The highest BCUT2D eigenvalue weighted by molar-refractivity contribution is 6.17. The molecule has 3 unspecified atom stereocenters. The summed E-state index contributed by atoms with van der Waals surface area (Å²) < 4.78 is 11.7. The highest BCUT2D eigenvalue weighted by Gasteiger charge is 2.29. The molecule has 2 N–H and O–H groups in total. The summed E-state index contributed by atoms with van der Waals surface area (Å²) >= 11 is 6.12. The molecule has 1 aliphatic heterocycles. The number of methoxy groups -OCH3 is 1. The van der Waals surface area contributed by atoms with Crippen LogP contribution in [0.1, 0.15) is 48.2 Å². The predicted molar refractivity (Wildman–Crippen MR) is 160 cm³/mol. The normalized spacial score (nSPS) is 19.1. The molecule has 8 nitrogen and oxygen atoms in total. The maximum Gasteiger partial charge on any atom is 0.241 e. The summed E-state index contributed by atoms with van der Waals surface area (Å²) in [5, 5.41) is 5.84. The number of anilines is 1. The third kappa shape index (κ3) is 6.74. The summed E-state index contributed by atoms with van der Waals surface area (Å²) in [7, 11) is 5.34. The molecule has 3 atom stereocenters. The third-order valence-electron chi connectivity index (χ3n) is 7.37. The van der Waals surface area contributed by atoms with Crippen LogP contribution in [-0.4, -0.2) is 56.6 Å². The number of nitrogens with zero attached hydrogens (tertiary/aromatic N) is 2. The molecule has 1 heterocycles. The lowest BCUT2D eigenvalue weighted by molar-refractivity contribution is -0.117. The lowest BCUT2D eigenvalue weighted by atomic mass is 9.93. The van der Waals surface area contributed by atoms with E-state index in [0.717, 1.165) is 30.3 Å². The second-order valence-corrected chi connectivity index (χ2v) is 10.6. The van der Waals surface area contributed by atoms with Gasteiger partial charge in [0.05, 0.1) is 24.9 Å². The summed E-state index contributed by atoms with van der Waals surface area (Å²) in [6.07, 6.45) is 9.10. The van der Waals surface area contributed by atoms with Crippen molar-refractivity contribution in [1.29, 1.82) is 0 Å². The Morgan fingerprint density at radius 3 is 2.67 bits per heavy atom. The zero-order valence-corrected chi connectivity index (χ0v) is 24.4. The van der Waals surface area contributed by atoms with Crippen molar-refractivity contribution in [3.05, 3.63) is 70.4 Å². The number of aldehydes is 1. The van der Waals surface area contributed by atoms with Crippen molar-refractivity contribution in [1.82, 2.24) is 10.2 Å². The van der Waals surface area contributed by atoms with E-state index >= 15 is 0 Å². The summed E-state index contributed by atoms with van der Waals surface area (Å²) in [6.45, 7) is 4.21. The monoisotopic (exact) mass is 564 g/mol. The van der Waals surface area contributed by atoms with Gasteiger partial charge in [0, 0.05) is 42.2 Å². The average molecular weight is 565 g/mol. The van der Waals surface area contributed by atoms with Crippen LogP contribution in [-0.2, 0) is 17.3 Å². The van der Waals surface area contributed by atoms with Crippen LogP contribution in [0.25, 0.3) is 0 Å². The van der Waals surface area contributed by atoms with Gasteiger partial charge in [-0.25, -0.2) is 0 Å². The number of aliphatic imine (C=N–C) groups is 1. The van der Waals surface area contributed by atoms with E-state index in [9.17, 15) is 9.59 Å². The van der Waals surface area contributed by atoms with Crippen LogP contribution in [0.4, 0.5) is 11.4 Å². The average Bonchev–Trinajstić information content (AvgIpc) is 3.27. The standard InChI is InChI=1S/C31H37ClN4O4/c1-19-6-7-28-23(8-19)12-26(36(28)4)16-34-27-14-30(29(39-5)13-24(27)17-37)40-18-22-9-21(15-32)10-25(11-22)35-31(38)20(2)33-3/h6-7,9-11,13-14,16-17,19-20,26,33H,8,12,15,18H2,1-5H3,(H,35,38). The van der Waals surface area contributed by atoms with Crippen LogP contribution >= 0.6 is 11.6 Å². The van der Waals surface area contributed by atoms with E-state index in [-0.39, 0.29) is 30.5 Å². The number of hydrogen-bond donors (Lipinski definition) is 2. The number of alkyl halides is 1. The zero-order valence-electron chi connectivity index (χ0n) is 23.7. The van der Waals surface area contributed by atoms with Crippen LogP contribution in [0, 0.1) is 5.92 Å². The fourth-order valence-corrected chi connectivity index (χ4v) is 5.11. The van der Waals surface area contributed by atoms with Crippen molar-refractivity contribution in [2.75, 3.05) is 26.5 Å². The minimum Gasteiger partial charge on any atom is -0.493 e. The van der Waals surface area contributed by atoms with Gasteiger partial charge >= 0.3 is 0 Å². The molecule has 0 aromatic heterocycles. The molecular weight excluding hydrogens is 528 g/mol. The molecule has 1 amide bonds. The molecular formula is C31H37ClN4O4. The zero-order chi connectivity index (χ0) is 28.8. The molecule has 2 aromatic rings. The quantitative estimate of drug-likeness (QED) is 0.209. The largest absolute Gasteiger partial charge is 0.493 e. The van der Waals surface area contributed by atoms with Gasteiger partial charge in [0.1, 0.15) is 6.61 Å². The van der Waals surface area contributed by atoms with E-state index in [1.807, 2.05) is 24.4 Å². The number of carbonyl (C=O) groups is 2. The maximum absolute atomic E-state index is 12.4. The lowest BCUT2D eigenvalue weighted by Crippen LogP contribution is -2.35. The Morgan fingerprint density at radius 1 is 1.20 bits per heavy atom. The number of carbonyl (C=O) groups excluding carboxylic acids is 2. The molecule has 4 rings (SSSR count). The molecule has 0 saturated heterocycles. The highest BCUT2D eigenvalue weighted by Crippen LogP contribution is 2.37. The Bertz CT molecular complexity index is 1350. The first-order valence-corrected chi connectivity index (χ1v) is 13.9. The number of amides is 1. The number of hydrogen-bond acceptors (Lipinski definition) is 7. The molecule has 0 saturated carbocycles. The van der Waals surface area contributed by atoms with Gasteiger partial charge in [0.2, 0.25) is 5.91 Å². The van der Waals surface area contributed by atoms with Crippen LogP contribution in [0.3, 0.4) is 0 Å². The summed E-state index contributed by atoms with van der Waals surface area (Å²) in [6, 6.07) is 8.75. The number of likely N-dealkylation sites (N-methyl/N-ethyl adjacent to an activating group) is 2. The predicted octanol–water partition coefficient (Wildman–Crippen LogP) is 5.63. The molecule has 0 fully saturated rings. The minimum atomic E-state index is -0.343. The Labute approximate surface area is 241 Å². The van der Waals surface area contributed by atoms with E-state index in [4.69, 9.17) is 26.1 Å². The van der Waals surface area contributed by atoms with Crippen molar-refractivity contribution >= 4 is 41.4 Å². The number of benzene rings is 2. The van der Waals surface area contributed by atoms with Gasteiger partial charge in [-0.05, 0) is 73.7 Å². The Hall–Kier alpha value is -3.62. The Balaban J connectivity index is 1.53. The number of rotatable bonds is 11. The van der Waals surface area contributed by atoms with Crippen molar-refractivity contribution in [2.45, 2.75) is 51.3 Å². The number of halogens is 1. The van der Waals surface area contributed by atoms with Crippen molar-refractivity contribution in [3.63, 3.8) is 0 Å². The molecule has 1 aliphatic carbocycles. The molecule has 2 aromatic carbocycles. The van der Waals surface area contributed by atoms with Crippen molar-refractivity contribution in [2.24, 2.45) is 10.9 Å². The molecule has 0 radical (unpaired) electrons. The molecule has 212 valence electrons.